The van der Waals surface area contributed by atoms with Gasteiger partial charge in [-0.05, 0) is 59.3 Å². The van der Waals surface area contributed by atoms with Crippen molar-refractivity contribution < 1.29 is 9.53 Å². The highest BCUT2D eigenvalue weighted by Gasteiger charge is 2.10. The summed E-state index contributed by atoms with van der Waals surface area (Å²) < 4.78 is 7.03. The highest BCUT2D eigenvalue weighted by Crippen LogP contribution is 2.31. The second-order valence-corrected chi connectivity index (χ2v) is 9.94. The first-order chi connectivity index (χ1) is 16.4. The van der Waals surface area contributed by atoms with E-state index in [0.29, 0.717) is 11.3 Å². The minimum Gasteiger partial charge on any atom is -0.495 e. The predicted molar refractivity (Wildman–Crippen MR) is 145 cm³/mol. The third-order valence-corrected chi connectivity index (χ3v) is 6.67. The van der Waals surface area contributed by atoms with Crippen molar-refractivity contribution in [1.82, 2.24) is 10.4 Å². The Balaban J connectivity index is 1.40. The molecule has 3 aromatic carbocycles. The van der Waals surface area contributed by atoms with Gasteiger partial charge >= 0.3 is 0 Å². The summed E-state index contributed by atoms with van der Waals surface area (Å²) in [5, 5.41) is 10.2. The molecule has 0 saturated carbocycles. The summed E-state index contributed by atoms with van der Waals surface area (Å²) in [4.78, 5) is 17.2. The van der Waals surface area contributed by atoms with E-state index in [-0.39, 0.29) is 5.91 Å². The zero-order chi connectivity index (χ0) is 24.1. The summed E-state index contributed by atoms with van der Waals surface area (Å²) in [6.45, 7) is 2.06. The van der Waals surface area contributed by atoms with Crippen LogP contribution in [0.25, 0.3) is 11.3 Å². The predicted octanol–water partition coefficient (Wildman–Crippen LogP) is 7.16. The van der Waals surface area contributed by atoms with Gasteiger partial charge in [-0.3, -0.25) is 4.79 Å². The summed E-state index contributed by atoms with van der Waals surface area (Å²) in [5.41, 5.74) is 7.74. The first kappa shape index (κ1) is 24.1. The van der Waals surface area contributed by atoms with Gasteiger partial charge in [0.1, 0.15) is 5.75 Å². The van der Waals surface area contributed by atoms with Crippen LogP contribution in [0.1, 0.15) is 21.5 Å². The molecule has 0 atom stereocenters. The second-order valence-electron chi connectivity index (χ2n) is 7.32. The fourth-order valence-electron chi connectivity index (χ4n) is 3.13. The number of thiazole rings is 1. The van der Waals surface area contributed by atoms with E-state index < -0.39 is 0 Å². The van der Waals surface area contributed by atoms with Crippen LogP contribution in [0.2, 0.25) is 0 Å². The standard InChI is InChI=1S/C25H20Br2N4O2S/c1-15-3-9-20(10-4-15)29-25-30-22(14-34-25)16-5-7-17(8-6-16)24(32)31-28-13-18-11-19(26)12-21(27)23(18)33-2/h3-14H,1-2H3,(H,29,30)(H,31,32)/b28-13-. The van der Waals surface area contributed by atoms with Crippen molar-refractivity contribution in [3.05, 3.63) is 91.7 Å². The molecule has 0 aliphatic rings. The van der Waals surface area contributed by atoms with Crippen LogP contribution in [0, 0.1) is 6.92 Å². The lowest BCUT2D eigenvalue weighted by Crippen LogP contribution is -2.17. The molecule has 1 heterocycles. The lowest BCUT2D eigenvalue weighted by atomic mass is 10.1. The summed E-state index contributed by atoms with van der Waals surface area (Å²) in [5.74, 6) is 0.320. The number of anilines is 2. The third-order valence-electron chi connectivity index (χ3n) is 4.86. The van der Waals surface area contributed by atoms with E-state index in [1.807, 2.05) is 41.8 Å². The van der Waals surface area contributed by atoms with E-state index in [1.54, 1.807) is 25.5 Å². The maximum atomic E-state index is 12.5. The number of carbonyl (C=O) groups excluding carboxylic acids is 1. The molecule has 0 fully saturated rings. The Bertz CT molecular complexity index is 1340. The van der Waals surface area contributed by atoms with Crippen molar-refractivity contribution in [2.24, 2.45) is 5.10 Å². The normalized spacial score (nSPS) is 10.9. The van der Waals surface area contributed by atoms with Crippen LogP contribution in [0.4, 0.5) is 10.8 Å². The number of hydrogen-bond acceptors (Lipinski definition) is 6. The number of nitrogens with one attached hydrogen (secondary N) is 2. The van der Waals surface area contributed by atoms with Gasteiger partial charge in [0.15, 0.2) is 5.13 Å². The van der Waals surface area contributed by atoms with E-state index in [4.69, 9.17) is 4.74 Å². The number of aromatic nitrogens is 1. The Labute approximate surface area is 218 Å². The summed E-state index contributed by atoms with van der Waals surface area (Å²) >= 11 is 8.42. The first-order valence-electron chi connectivity index (χ1n) is 10.2. The molecule has 2 N–H and O–H groups in total. The van der Waals surface area contributed by atoms with Crippen molar-refractivity contribution in [3.8, 4) is 17.0 Å². The molecule has 34 heavy (non-hydrogen) atoms. The number of hydrazone groups is 1. The molecule has 4 aromatic rings. The molecule has 0 bridgehead atoms. The number of aryl methyl sites for hydroxylation is 1. The molecule has 6 nitrogen and oxygen atoms in total. The van der Waals surface area contributed by atoms with Crippen LogP contribution < -0.4 is 15.5 Å². The van der Waals surface area contributed by atoms with Gasteiger partial charge in [-0.25, -0.2) is 10.4 Å². The average molecular weight is 600 g/mol. The summed E-state index contributed by atoms with van der Waals surface area (Å²) in [6.07, 6.45) is 1.54. The van der Waals surface area contributed by atoms with E-state index in [9.17, 15) is 4.79 Å². The number of ether oxygens (including phenoxy) is 1. The van der Waals surface area contributed by atoms with Gasteiger partial charge in [0.2, 0.25) is 0 Å². The maximum absolute atomic E-state index is 12.5. The number of amides is 1. The smallest absolute Gasteiger partial charge is 0.271 e. The van der Waals surface area contributed by atoms with Gasteiger partial charge in [0.05, 0.1) is 23.5 Å². The number of hydrogen-bond donors (Lipinski definition) is 2. The molecule has 1 amide bonds. The van der Waals surface area contributed by atoms with Crippen molar-refractivity contribution in [2.45, 2.75) is 6.92 Å². The third kappa shape index (κ3) is 5.91. The zero-order valence-corrected chi connectivity index (χ0v) is 22.3. The molecule has 0 aliphatic heterocycles. The lowest BCUT2D eigenvalue weighted by molar-refractivity contribution is 0.0955. The molecule has 0 radical (unpaired) electrons. The maximum Gasteiger partial charge on any atom is 0.271 e. The fourth-order valence-corrected chi connectivity index (χ4v) is 5.29. The highest BCUT2D eigenvalue weighted by atomic mass is 79.9. The van der Waals surface area contributed by atoms with E-state index >= 15 is 0 Å². The Morgan fingerprint density at radius 1 is 1.09 bits per heavy atom. The van der Waals surface area contributed by atoms with Crippen LogP contribution in [0.3, 0.4) is 0 Å². The summed E-state index contributed by atoms with van der Waals surface area (Å²) in [6, 6.07) is 19.1. The number of benzene rings is 3. The molecular weight excluding hydrogens is 580 g/mol. The molecular formula is C25H20Br2N4O2S. The minimum absolute atomic E-state index is 0.309. The Kier molecular flexibility index (Phi) is 7.77. The molecule has 0 saturated heterocycles. The number of rotatable bonds is 7. The van der Waals surface area contributed by atoms with Crippen LogP contribution in [0.15, 0.2) is 80.1 Å². The average Bonchev–Trinajstić information content (AvgIpc) is 3.29. The van der Waals surface area contributed by atoms with Gasteiger partial charge in [0.25, 0.3) is 5.91 Å². The number of methoxy groups -OCH3 is 1. The van der Waals surface area contributed by atoms with Gasteiger partial charge in [-0.1, -0.05) is 45.8 Å². The molecule has 1 aromatic heterocycles. The van der Waals surface area contributed by atoms with Gasteiger partial charge in [-0.2, -0.15) is 5.10 Å². The second kappa shape index (κ2) is 10.9. The van der Waals surface area contributed by atoms with E-state index in [0.717, 1.165) is 36.6 Å². The molecule has 9 heteroatoms. The Hall–Kier alpha value is -3.01. The SMILES string of the molecule is COc1c(Br)cc(Br)cc1/C=N\NC(=O)c1ccc(-c2csc(Nc3ccc(C)cc3)n2)cc1. The van der Waals surface area contributed by atoms with Gasteiger partial charge in [0, 0.05) is 32.2 Å². The Morgan fingerprint density at radius 3 is 2.53 bits per heavy atom. The lowest BCUT2D eigenvalue weighted by Gasteiger charge is -2.08. The van der Waals surface area contributed by atoms with Gasteiger partial charge in [-0.15, -0.1) is 11.3 Å². The monoisotopic (exact) mass is 598 g/mol. The number of halogens is 2. The molecule has 0 spiro atoms. The fraction of sp³-hybridized carbons (Fsp3) is 0.0800. The molecule has 0 unspecified atom stereocenters. The van der Waals surface area contributed by atoms with Crippen LogP contribution in [-0.4, -0.2) is 24.2 Å². The topological polar surface area (TPSA) is 75.6 Å². The van der Waals surface area contributed by atoms with Crippen LogP contribution in [-0.2, 0) is 0 Å². The van der Waals surface area contributed by atoms with Crippen molar-refractivity contribution >= 4 is 66.1 Å². The van der Waals surface area contributed by atoms with Crippen LogP contribution in [0.5, 0.6) is 5.75 Å². The van der Waals surface area contributed by atoms with E-state index in [1.165, 1.54) is 16.9 Å². The van der Waals surface area contributed by atoms with Gasteiger partial charge < -0.3 is 10.1 Å². The van der Waals surface area contributed by atoms with Crippen molar-refractivity contribution in [2.75, 3.05) is 12.4 Å². The Morgan fingerprint density at radius 2 is 1.82 bits per heavy atom. The minimum atomic E-state index is -0.309. The highest BCUT2D eigenvalue weighted by molar-refractivity contribution is 9.11. The summed E-state index contributed by atoms with van der Waals surface area (Å²) in [7, 11) is 1.58. The number of nitrogens with zero attached hydrogens (tertiary/aromatic N) is 2. The molecule has 4 rings (SSSR count). The molecule has 172 valence electrons. The van der Waals surface area contributed by atoms with E-state index in [2.05, 4.69) is 71.7 Å². The largest absolute Gasteiger partial charge is 0.495 e. The van der Waals surface area contributed by atoms with Crippen LogP contribution >= 0.6 is 43.2 Å². The molecule has 0 aliphatic carbocycles. The quantitative estimate of drug-likeness (QED) is 0.175. The van der Waals surface area contributed by atoms with Crippen molar-refractivity contribution in [1.29, 1.82) is 0 Å². The number of carbonyl (C=O) groups is 1. The first-order valence-corrected chi connectivity index (χ1v) is 12.7. The van der Waals surface area contributed by atoms with Crippen molar-refractivity contribution in [3.63, 3.8) is 0 Å². The zero-order valence-electron chi connectivity index (χ0n) is 18.3.